The summed E-state index contributed by atoms with van der Waals surface area (Å²) < 4.78 is 26.5. The van der Waals surface area contributed by atoms with Gasteiger partial charge in [0, 0.05) is 17.7 Å². The van der Waals surface area contributed by atoms with E-state index in [1.54, 1.807) is 49.6 Å². The molecule has 0 aliphatic carbocycles. The highest BCUT2D eigenvalue weighted by atomic mass is 16.6. The Kier molecular flexibility index (Phi) is 6.19. The predicted octanol–water partition coefficient (Wildman–Crippen LogP) is 3.43. The van der Waals surface area contributed by atoms with Crippen LogP contribution in [0, 0.1) is 0 Å². The molecule has 1 heterocycles. The fourth-order valence-corrected chi connectivity index (χ4v) is 2.67. The van der Waals surface area contributed by atoms with Gasteiger partial charge in [0.1, 0.15) is 29.6 Å². The van der Waals surface area contributed by atoms with Crippen molar-refractivity contribution in [2.75, 3.05) is 27.4 Å². The molecule has 7 nitrogen and oxygen atoms in total. The van der Waals surface area contributed by atoms with E-state index in [0.29, 0.717) is 34.1 Å². The molecule has 0 fully saturated rings. The Bertz CT molecular complexity index is 975. The quantitative estimate of drug-likeness (QED) is 0.384. The van der Waals surface area contributed by atoms with Crippen molar-refractivity contribution in [1.29, 1.82) is 0 Å². The van der Waals surface area contributed by atoms with Crippen molar-refractivity contribution in [3.63, 3.8) is 0 Å². The van der Waals surface area contributed by atoms with Gasteiger partial charge in [-0.3, -0.25) is 4.79 Å². The molecule has 0 amide bonds. The highest BCUT2D eigenvalue weighted by Gasteiger charge is 2.28. The summed E-state index contributed by atoms with van der Waals surface area (Å²) in [6.45, 7) is 3.33. The van der Waals surface area contributed by atoms with Crippen LogP contribution >= 0.6 is 0 Å². The predicted molar refractivity (Wildman–Crippen MR) is 106 cm³/mol. The van der Waals surface area contributed by atoms with E-state index < -0.39 is 5.97 Å². The van der Waals surface area contributed by atoms with Crippen LogP contribution in [0.3, 0.4) is 0 Å². The minimum absolute atomic E-state index is 0.118. The summed E-state index contributed by atoms with van der Waals surface area (Å²) in [6, 6.07) is 10.00. The third-order valence-electron chi connectivity index (χ3n) is 4.09. The number of ketones is 1. The molecule has 1 aliphatic rings. The van der Waals surface area contributed by atoms with Gasteiger partial charge in [0.2, 0.25) is 5.78 Å². The molecule has 29 heavy (non-hydrogen) atoms. The molecule has 7 heteroatoms. The summed E-state index contributed by atoms with van der Waals surface area (Å²) in [5.41, 5.74) is 1.08. The van der Waals surface area contributed by atoms with Crippen molar-refractivity contribution in [3.05, 3.63) is 65.9 Å². The van der Waals surface area contributed by atoms with Gasteiger partial charge in [-0.05, 0) is 30.3 Å². The normalized spacial score (nSPS) is 13.4. The van der Waals surface area contributed by atoms with Crippen molar-refractivity contribution in [1.82, 2.24) is 0 Å². The number of esters is 1. The third-order valence-corrected chi connectivity index (χ3v) is 4.09. The minimum atomic E-state index is -0.519. The Labute approximate surface area is 168 Å². The number of benzene rings is 2. The number of allylic oxidation sites excluding steroid dienone is 1. The lowest BCUT2D eigenvalue weighted by Crippen LogP contribution is -2.14. The monoisotopic (exact) mass is 396 g/mol. The van der Waals surface area contributed by atoms with E-state index in [9.17, 15) is 9.59 Å². The van der Waals surface area contributed by atoms with E-state index in [-0.39, 0.29) is 24.8 Å². The van der Waals surface area contributed by atoms with Gasteiger partial charge in [-0.15, -0.1) is 0 Å². The van der Waals surface area contributed by atoms with Crippen LogP contribution in [0.2, 0.25) is 0 Å². The van der Waals surface area contributed by atoms with E-state index in [1.807, 2.05) is 0 Å². The van der Waals surface area contributed by atoms with Crippen LogP contribution in [-0.2, 0) is 9.53 Å². The Morgan fingerprint density at radius 2 is 1.90 bits per heavy atom. The first-order chi connectivity index (χ1) is 14.0. The van der Waals surface area contributed by atoms with Crippen LogP contribution in [0.15, 0.2) is 54.8 Å². The van der Waals surface area contributed by atoms with Gasteiger partial charge in [0.05, 0.1) is 19.8 Å². The molecule has 2 aromatic carbocycles. The first kappa shape index (κ1) is 20.0. The second kappa shape index (κ2) is 8.97. The zero-order valence-electron chi connectivity index (χ0n) is 16.1. The summed E-state index contributed by atoms with van der Waals surface area (Å²) in [4.78, 5) is 24.1. The first-order valence-corrected chi connectivity index (χ1v) is 8.75. The molecule has 2 aromatic rings. The van der Waals surface area contributed by atoms with Crippen LogP contribution in [0.4, 0.5) is 0 Å². The van der Waals surface area contributed by atoms with Gasteiger partial charge in [-0.1, -0.05) is 12.7 Å². The highest BCUT2D eigenvalue weighted by Crippen LogP contribution is 2.36. The number of fused-ring (bicyclic) bond motifs is 1. The van der Waals surface area contributed by atoms with Crippen LogP contribution in [-0.4, -0.2) is 39.2 Å². The highest BCUT2D eigenvalue weighted by molar-refractivity contribution is 6.14. The molecule has 0 aromatic heterocycles. The molecule has 0 saturated carbocycles. The van der Waals surface area contributed by atoms with E-state index in [0.717, 1.165) is 0 Å². The maximum absolute atomic E-state index is 12.6. The van der Waals surface area contributed by atoms with Crippen molar-refractivity contribution in [3.8, 4) is 23.0 Å². The fraction of sp³-hybridized carbons (Fsp3) is 0.182. The lowest BCUT2D eigenvalue weighted by Gasteiger charge is -2.08. The van der Waals surface area contributed by atoms with Gasteiger partial charge in [0.15, 0.2) is 12.4 Å². The lowest BCUT2D eigenvalue weighted by atomic mass is 10.1. The van der Waals surface area contributed by atoms with Gasteiger partial charge >= 0.3 is 5.97 Å². The Morgan fingerprint density at radius 1 is 1.10 bits per heavy atom. The number of methoxy groups -OCH3 is 2. The summed E-state index contributed by atoms with van der Waals surface area (Å²) in [5, 5.41) is 0. The smallest absolute Gasteiger partial charge is 0.344 e. The average molecular weight is 396 g/mol. The van der Waals surface area contributed by atoms with Gasteiger partial charge in [0.25, 0.3) is 0 Å². The zero-order valence-corrected chi connectivity index (χ0v) is 16.1. The maximum atomic E-state index is 12.6. The number of carbonyl (C=O) groups is 2. The molecule has 0 N–H and O–H groups in total. The summed E-state index contributed by atoms with van der Waals surface area (Å²) in [5.74, 6) is 1.31. The van der Waals surface area contributed by atoms with Crippen molar-refractivity contribution < 1.29 is 33.3 Å². The van der Waals surface area contributed by atoms with Gasteiger partial charge in [-0.25, -0.2) is 4.79 Å². The van der Waals surface area contributed by atoms with E-state index in [2.05, 4.69) is 6.58 Å². The molecule has 0 atom stereocenters. The molecule has 0 unspecified atom stereocenters. The molecule has 0 bridgehead atoms. The average Bonchev–Trinajstić information content (AvgIpc) is 3.05. The van der Waals surface area contributed by atoms with Crippen LogP contribution in [0.25, 0.3) is 6.08 Å². The van der Waals surface area contributed by atoms with Gasteiger partial charge in [-0.2, -0.15) is 0 Å². The second-order valence-corrected chi connectivity index (χ2v) is 5.97. The van der Waals surface area contributed by atoms with Crippen LogP contribution in [0.1, 0.15) is 15.9 Å². The molecule has 3 rings (SSSR count). The standard InChI is InChI=1S/C22H20O7/c1-4-9-27-21(23)13-28-16-7-8-17-19(12-16)29-20(22(17)24)10-14-5-6-15(25-2)11-18(14)26-3/h4-8,10-12H,1,9,13H2,2-3H3/b20-10-. The van der Waals surface area contributed by atoms with Crippen LogP contribution in [0.5, 0.6) is 23.0 Å². The molecular weight excluding hydrogens is 376 g/mol. The van der Waals surface area contributed by atoms with Crippen LogP contribution < -0.4 is 18.9 Å². The SMILES string of the molecule is C=CCOC(=O)COc1ccc2c(c1)O/C(=C\c1ccc(OC)cc1OC)C2=O. The van der Waals surface area contributed by atoms with E-state index in [4.69, 9.17) is 23.7 Å². The molecule has 150 valence electrons. The van der Waals surface area contributed by atoms with Gasteiger partial charge < -0.3 is 23.7 Å². The van der Waals surface area contributed by atoms with Crippen molar-refractivity contribution in [2.24, 2.45) is 0 Å². The summed E-state index contributed by atoms with van der Waals surface area (Å²) in [7, 11) is 3.10. The number of Topliss-reactive ketones (excluding diaryl/α,β-unsaturated/α-hetero) is 1. The Balaban J connectivity index is 1.76. The fourth-order valence-electron chi connectivity index (χ4n) is 2.67. The summed E-state index contributed by atoms with van der Waals surface area (Å²) >= 11 is 0. The van der Waals surface area contributed by atoms with E-state index in [1.165, 1.54) is 13.2 Å². The molecule has 1 aliphatic heterocycles. The van der Waals surface area contributed by atoms with Crippen molar-refractivity contribution >= 4 is 17.8 Å². The molecular formula is C22H20O7. The Hall–Kier alpha value is -3.74. The second-order valence-electron chi connectivity index (χ2n) is 5.97. The third kappa shape index (κ3) is 4.57. The van der Waals surface area contributed by atoms with E-state index >= 15 is 0 Å². The first-order valence-electron chi connectivity index (χ1n) is 8.75. The van der Waals surface area contributed by atoms with Crippen molar-refractivity contribution in [2.45, 2.75) is 0 Å². The number of hydrogen-bond acceptors (Lipinski definition) is 7. The lowest BCUT2D eigenvalue weighted by molar-refractivity contribution is -0.144. The topological polar surface area (TPSA) is 80.3 Å². The Morgan fingerprint density at radius 3 is 2.62 bits per heavy atom. The molecule has 0 spiro atoms. The number of carbonyl (C=O) groups excluding carboxylic acids is 2. The summed E-state index contributed by atoms with van der Waals surface area (Å²) in [6.07, 6.45) is 3.08. The number of rotatable bonds is 8. The number of ether oxygens (including phenoxy) is 5. The molecule has 0 saturated heterocycles. The minimum Gasteiger partial charge on any atom is -0.497 e. The molecule has 0 radical (unpaired) electrons. The number of hydrogen-bond donors (Lipinski definition) is 0. The largest absolute Gasteiger partial charge is 0.497 e. The zero-order chi connectivity index (χ0) is 20.8. The maximum Gasteiger partial charge on any atom is 0.344 e.